The number of amides is 1. The Kier molecular flexibility index (Phi) is 4.59. The van der Waals surface area contributed by atoms with Crippen molar-refractivity contribution in [2.45, 2.75) is 51.6 Å². The van der Waals surface area contributed by atoms with Gasteiger partial charge in [0.05, 0.1) is 12.1 Å². The number of hydrogen-bond donors (Lipinski definition) is 2. The summed E-state index contributed by atoms with van der Waals surface area (Å²) >= 11 is 0. The Morgan fingerprint density at radius 2 is 1.84 bits per heavy atom. The van der Waals surface area contributed by atoms with Crippen LogP contribution in [0.3, 0.4) is 0 Å². The average Bonchev–Trinajstić information content (AvgIpc) is 2.45. The zero-order valence-corrected chi connectivity index (χ0v) is 12.1. The molecule has 0 aliphatic heterocycles. The van der Waals surface area contributed by atoms with E-state index in [9.17, 15) is 4.79 Å². The number of carbonyl (C=O) groups excluding carboxylic acids is 1. The SMILES string of the molecule is CNC(C)C(=O)NC(C)c1ccc2c(c1)CCCC2. The fraction of sp³-hybridized carbons (Fsp3) is 0.562. The molecule has 19 heavy (non-hydrogen) atoms. The molecule has 0 spiro atoms. The molecule has 1 aromatic carbocycles. The Balaban J connectivity index is 2.07. The third-order valence-corrected chi connectivity index (χ3v) is 4.06. The first-order valence-corrected chi connectivity index (χ1v) is 7.21. The average molecular weight is 260 g/mol. The molecule has 0 fully saturated rings. The van der Waals surface area contributed by atoms with Crippen molar-refractivity contribution < 1.29 is 4.79 Å². The smallest absolute Gasteiger partial charge is 0.237 e. The minimum absolute atomic E-state index is 0.0488. The van der Waals surface area contributed by atoms with E-state index in [1.165, 1.54) is 42.4 Å². The first-order chi connectivity index (χ1) is 9.11. The first kappa shape index (κ1) is 14.1. The molecular formula is C16H24N2O. The van der Waals surface area contributed by atoms with Gasteiger partial charge in [-0.25, -0.2) is 0 Å². The Morgan fingerprint density at radius 3 is 2.53 bits per heavy atom. The minimum Gasteiger partial charge on any atom is -0.348 e. The second-order valence-electron chi connectivity index (χ2n) is 5.48. The molecule has 0 bridgehead atoms. The Morgan fingerprint density at radius 1 is 1.16 bits per heavy atom. The number of likely N-dealkylation sites (N-methyl/N-ethyl adjacent to an activating group) is 1. The van der Waals surface area contributed by atoms with Crippen LogP contribution >= 0.6 is 0 Å². The number of fused-ring (bicyclic) bond motifs is 1. The molecule has 2 N–H and O–H groups in total. The summed E-state index contributed by atoms with van der Waals surface area (Å²) in [7, 11) is 1.80. The van der Waals surface area contributed by atoms with Crippen molar-refractivity contribution >= 4 is 5.91 Å². The van der Waals surface area contributed by atoms with E-state index >= 15 is 0 Å². The van der Waals surface area contributed by atoms with Crippen LogP contribution in [0.25, 0.3) is 0 Å². The van der Waals surface area contributed by atoms with Crippen LogP contribution in [0, 0.1) is 0 Å². The highest BCUT2D eigenvalue weighted by Gasteiger charge is 2.16. The molecule has 3 heteroatoms. The van der Waals surface area contributed by atoms with Gasteiger partial charge in [-0.05, 0) is 63.3 Å². The summed E-state index contributed by atoms with van der Waals surface area (Å²) in [5.41, 5.74) is 4.15. The van der Waals surface area contributed by atoms with Crippen molar-refractivity contribution in [3.63, 3.8) is 0 Å². The van der Waals surface area contributed by atoms with Gasteiger partial charge < -0.3 is 10.6 Å². The van der Waals surface area contributed by atoms with Crippen LogP contribution in [-0.2, 0) is 17.6 Å². The lowest BCUT2D eigenvalue weighted by molar-refractivity contribution is -0.123. The van der Waals surface area contributed by atoms with Gasteiger partial charge in [-0.15, -0.1) is 0 Å². The predicted octanol–water partition coefficient (Wildman–Crippen LogP) is 2.35. The van der Waals surface area contributed by atoms with Gasteiger partial charge >= 0.3 is 0 Å². The van der Waals surface area contributed by atoms with E-state index in [0.717, 1.165) is 0 Å². The Hall–Kier alpha value is -1.35. The van der Waals surface area contributed by atoms with E-state index < -0.39 is 0 Å². The van der Waals surface area contributed by atoms with Crippen molar-refractivity contribution in [3.05, 3.63) is 34.9 Å². The summed E-state index contributed by atoms with van der Waals surface area (Å²) in [6.45, 7) is 3.92. The largest absolute Gasteiger partial charge is 0.348 e. The van der Waals surface area contributed by atoms with Crippen LogP contribution in [-0.4, -0.2) is 19.0 Å². The van der Waals surface area contributed by atoms with Gasteiger partial charge in [-0.3, -0.25) is 4.79 Å². The standard InChI is InChI=1S/C16H24N2O/c1-11(18-16(19)12(2)17-3)14-9-8-13-6-4-5-7-15(13)10-14/h8-12,17H,4-7H2,1-3H3,(H,18,19). The van der Waals surface area contributed by atoms with Crippen LogP contribution in [0.5, 0.6) is 0 Å². The number of nitrogens with one attached hydrogen (secondary N) is 2. The second kappa shape index (κ2) is 6.20. The Bertz CT molecular complexity index is 456. The summed E-state index contributed by atoms with van der Waals surface area (Å²) in [6, 6.07) is 6.56. The van der Waals surface area contributed by atoms with Crippen molar-refractivity contribution in [2.24, 2.45) is 0 Å². The first-order valence-electron chi connectivity index (χ1n) is 7.21. The molecule has 2 atom stereocenters. The summed E-state index contributed by atoms with van der Waals surface area (Å²) in [5, 5.41) is 6.01. The predicted molar refractivity (Wildman–Crippen MR) is 78.2 cm³/mol. The van der Waals surface area contributed by atoms with Crippen LogP contribution < -0.4 is 10.6 Å². The van der Waals surface area contributed by atoms with Crippen molar-refractivity contribution in [2.75, 3.05) is 7.05 Å². The molecule has 0 radical (unpaired) electrons. The van der Waals surface area contributed by atoms with E-state index in [0.29, 0.717) is 0 Å². The van der Waals surface area contributed by atoms with Gasteiger partial charge in [0, 0.05) is 0 Å². The lowest BCUT2D eigenvalue weighted by Gasteiger charge is -2.21. The minimum atomic E-state index is -0.153. The molecule has 2 unspecified atom stereocenters. The molecule has 2 rings (SSSR count). The van der Waals surface area contributed by atoms with Gasteiger partial charge in [-0.2, -0.15) is 0 Å². The normalized spacial score (nSPS) is 17.4. The molecule has 104 valence electrons. The number of hydrogen-bond acceptors (Lipinski definition) is 2. The van der Waals surface area contributed by atoms with E-state index in [1.54, 1.807) is 7.05 Å². The number of rotatable bonds is 4. The van der Waals surface area contributed by atoms with E-state index in [-0.39, 0.29) is 18.0 Å². The fourth-order valence-electron chi connectivity index (χ4n) is 2.58. The highest BCUT2D eigenvalue weighted by Crippen LogP contribution is 2.24. The third kappa shape index (κ3) is 3.35. The summed E-state index contributed by atoms with van der Waals surface area (Å²) in [4.78, 5) is 11.9. The molecular weight excluding hydrogens is 236 g/mol. The van der Waals surface area contributed by atoms with Crippen LogP contribution in [0.4, 0.5) is 0 Å². The van der Waals surface area contributed by atoms with Crippen molar-refractivity contribution in [3.8, 4) is 0 Å². The van der Waals surface area contributed by atoms with Crippen molar-refractivity contribution in [1.82, 2.24) is 10.6 Å². The molecule has 3 nitrogen and oxygen atoms in total. The van der Waals surface area contributed by atoms with E-state index in [2.05, 4.69) is 28.8 Å². The summed E-state index contributed by atoms with van der Waals surface area (Å²) in [5.74, 6) is 0.0488. The van der Waals surface area contributed by atoms with Gasteiger partial charge in [0.15, 0.2) is 0 Å². The molecule has 1 aromatic rings. The Labute approximate surface area is 115 Å². The summed E-state index contributed by atoms with van der Waals surface area (Å²) < 4.78 is 0. The van der Waals surface area contributed by atoms with Crippen LogP contribution in [0.2, 0.25) is 0 Å². The maximum atomic E-state index is 11.9. The third-order valence-electron chi connectivity index (χ3n) is 4.06. The van der Waals surface area contributed by atoms with E-state index in [1.807, 2.05) is 13.8 Å². The van der Waals surface area contributed by atoms with Gasteiger partial charge in [0.2, 0.25) is 5.91 Å². The highest BCUT2D eigenvalue weighted by molar-refractivity contribution is 5.81. The molecule has 1 aliphatic carbocycles. The highest BCUT2D eigenvalue weighted by atomic mass is 16.2. The van der Waals surface area contributed by atoms with Gasteiger partial charge in [0.1, 0.15) is 0 Å². The van der Waals surface area contributed by atoms with Gasteiger partial charge in [-0.1, -0.05) is 18.2 Å². The zero-order chi connectivity index (χ0) is 13.8. The number of carbonyl (C=O) groups is 1. The number of benzene rings is 1. The molecule has 1 amide bonds. The maximum Gasteiger partial charge on any atom is 0.237 e. The fourth-order valence-corrected chi connectivity index (χ4v) is 2.58. The lowest BCUT2D eigenvalue weighted by atomic mass is 9.89. The van der Waals surface area contributed by atoms with Crippen molar-refractivity contribution in [1.29, 1.82) is 0 Å². The second-order valence-corrected chi connectivity index (χ2v) is 5.48. The summed E-state index contributed by atoms with van der Waals surface area (Å²) in [6.07, 6.45) is 4.97. The van der Waals surface area contributed by atoms with Crippen LogP contribution in [0.15, 0.2) is 18.2 Å². The number of aryl methyl sites for hydroxylation is 2. The molecule has 0 saturated heterocycles. The van der Waals surface area contributed by atoms with E-state index in [4.69, 9.17) is 0 Å². The molecule has 0 saturated carbocycles. The lowest BCUT2D eigenvalue weighted by Crippen LogP contribution is -2.41. The maximum absolute atomic E-state index is 11.9. The molecule has 0 heterocycles. The van der Waals surface area contributed by atoms with Gasteiger partial charge in [0.25, 0.3) is 0 Å². The topological polar surface area (TPSA) is 41.1 Å². The monoisotopic (exact) mass is 260 g/mol. The van der Waals surface area contributed by atoms with Crippen LogP contribution in [0.1, 0.15) is 49.4 Å². The molecule has 1 aliphatic rings. The quantitative estimate of drug-likeness (QED) is 0.872. The zero-order valence-electron chi connectivity index (χ0n) is 12.1. The molecule has 0 aromatic heterocycles.